The Morgan fingerprint density at radius 3 is 2.50 bits per heavy atom. The van der Waals surface area contributed by atoms with E-state index in [-0.39, 0.29) is 0 Å². The molecule has 0 aliphatic heterocycles. The molecule has 0 heterocycles. The summed E-state index contributed by atoms with van der Waals surface area (Å²) in [7, 11) is 1.67. The second-order valence-electron chi connectivity index (χ2n) is 0.899. The van der Waals surface area contributed by atoms with Crippen molar-refractivity contribution in [2.45, 2.75) is 6.92 Å². The predicted molar refractivity (Wildman–Crippen MR) is 25.8 cm³/mol. The molecule has 0 amide bonds. The molecule has 0 saturated heterocycles. The first kappa shape index (κ1) is 6.45. The molecule has 0 unspecified atom stereocenters. The molecule has 0 aromatic rings. The quantitative estimate of drug-likeness (QED) is 0.369. The summed E-state index contributed by atoms with van der Waals surface area (Å²) in [6.07, 6.45) is 0. The molecule has 0 aromatic carbocycles. The van der Waals surface area contributed by atoms with E-state index in [1.807, 2.05) is 6.92 Å². The van der Waals surface area contributed by atoms with Crippen molar-refractivity contribution in [1.29, 1.82) is 0 Å². The molecule has 0 bridgehead atoms. The van der Waals surface area contributed by atoms with Gasteiger partial charge in [-0.1, -0.05) is 0 Å². The first-order valence-corrected chi connectivity index (χ1v) is 3.14. The van der Waals surface area contributed by atoms with Crippen LogP contribution in [0, 0.1) is 0 Å². The average Bonchev–Trinajstić information content (AvgIpc) is 1.61. The van der Waals surface area contributed by atoms with Gasteiger partial charge in [0.25, 0.3) is 0 Å². The lowest BCUT2D eigenvalue weighted by Gasteiger charge is -1.90. The minimum Gasteiger partial charge on any atom is -0.484 e. The summed E-state index contributed by atoms with van der Waals surface area (Å²) < 4.78 is 9.60. The van der Waals surface area contributed by atoms with Gasteiger partial charge in [0.1, 0.15) is 0 Å². The van der Waals surface area contributed by atoms with Gasteiger partial charge in [0.2, 0.25) is 0 Å². The molecule has 0 atom stereocenters. The van der Waals surface area contributed by atoms with E-state index in [1.54, 1.807) is 7.11 Å². The third-order valence-electron chi connectivity index (χ3n) is 0.405. The molecule has 0 aliphatic carbocycles. The van der Waals surface area contributed by atoms with E-state index in [1.165, 1.54) is 0 Å². The molecule has 0 rings (SSSR count). The Hall–Kier alpha value is 0.452. The van der Waals surface area contributed by atoms with Crippen LogP contribution < -0.4 is 0 Å². The summed E-state index contributed by atoms with van der Waals surface area (Å²) in [5.41, 5.74) is 0. The lowest BCUT2D eigenvalue weighted by molar-refractivity contribution is 0.269. The third-order valence-corrected chi connectivity index (χ3v) is 1.22. The van der Waals surface area contributed by atoms with Gasteiger partial charge >= 0.3 is 15.9 Å². The topological polar surface area (TPSA) is 18.5 Å². The summed E-state index contributed by atoms with van der Waals surface area (Å²) >= 11 is -0.578. The highest BCUT2D eigenvalue weighted by atomic mass is 27.2. The van der Waals surface area contributed by atoms with Crippen molar-refractivity contribution in [1.82, 2.24) is 0 Å². The van der Waals surface area contributed by atoms with Crippen molar-refractivity contribution in [3.63, 3.8) is 0 Å². The summed E-state index contributed by atoms with van der Waals surface area (Å²) in [6, 6.07) is 0. The Labute approximate surface area is 44.8 Å². The molecular formula is C3H9AlO2. The minimum atomic E-state index is -0.578. The number of hydrogen-bond acceptors (Lipinski definition) is 2. The highest BCUT2D eigenvalue weighted by molar-refractivity contribution is 6.17. The maximum Gasteiger partial charge on any atom is 0.649 e. The van der Waals surface area contributed by atoms with Crippen molar-refractivity contribution < 1.29 is 7.58 Å². The summed E-state index contributed by atoms with van der Waals surface area (Å²) in [6.45, 7) is 2.76. The van der Waals surface area contributed by atoms with Gasteiger partial charge in [-0.15, -0.1) is 0 Å². The van der Waals surface area contributed by atoms with E-state index >= 15 is 0 Å². The summed E-state index contributed by atoms with van der Waals surface area (Å²) in [5, 5.41) is 0. The fourth-order valence-electron chi connectivity index (χ4n) is 0.167. The van der Waals surface area contributed by atoms with Gasteiger partial charge in [-0.25, -0.2) is 0 Å². The zero-order chi connectivity index (χ0) is 4.83. The molecule has 2 nitrogen and oxygen atoms in total. The van der Waals surface area contributed by atoms with Crippen LogP contribution in [0.15, 0.2) is 0 Å². The van der Waals surface area contributed by atoms with Gasteiger partial charge in [-0.05, 0) is 6.92 Å². The zero-order valence-corrected chi connectivity index (χ0v) is 5.64. The predicted octanol–water partition coefficient (Wildman–Crippen LogP) is -0.0642. The van der Waals surface area contributed by atoms with E-state index < -0.39 is 15.9 Å². The van der Waals surface area contributed by atoms with E-state index in [4.69, 9.17) is 7.58 Å². The van der Waals surface area contributed by atoms with Crippen LogP contribution in [0.1, 0.15) is 6.92 Å². The lowest BCUT2D eigenvalue weighted by atomic mass is 10.9. The summed E-state index contributed by atoms with van der Waals surface area (Å²) in [4.78, 5) is 0. The minimum absolute atomic E-state index is 0.578. The molecule has 0 radical (unpaired) electrons. The molecule has 0 N–H and O–H groups in total. The van der Waals surface area contributed by atoms with Crippen molar-refractivity contribution in [3.05, 3.63) is 0 Å². The zero-order valence-electron chi connectivity index (χ0n) is 4.23. The molecule has 0 spiro atoms. The van der Waals surface area contributed by atoms with Crippen molar-refractivity contribution in [3.8, 4) is 0 Å². The molecular weight excluding hydrogens is 95.0 g/mol. The number of rotatable bonds is 3. The van der Waals surface area contributed by atoms with Crippen molar-refractivity contribution in [2.24, 2.45) is 0 Å². The van der Waals surface area contributed by atoms with Crippen LogP contribution in [0.25, 0.3) is 0 Å². The lowest BCUT2D eigenvalue weighted by Crippen LogP contribution is -1.98. The Morgan fingerprint density at radius 2 is 2.33 bits per heavy atom. The molecule has 0 saturated carbocycles. The van der Waals surface area contributed by atoms with Gasteiger partial charge in [0.05, 0.1) is 0 Å². The smallest absolute Gasteiger partial charge is 0.484 e. The third kappa shape index (κ3) is 4.45. The van der Waals surface area contributed by atoms with E-state index in [0.717, 1.165) is 6.61 Å². The molecule has 3 heteroatoms. The van der Waals surface area contributed by atoms with Crippen molar-refractivity contribution >= 4 is 15.9 Å². The first-order valence-electron chi connectivity index (χ1n) is 1.98. The molecule has 0 aliphatic rings. The molecule has 6 heavy (non-hydrogen) atoms. The maximum atomic E-state index is 4.90. The second-order valence-corrected chi connectivity index (χ2v) is 2.12. The Bertz CT molecular complexity index is 20.8. The average molecular weight is 104 g/mol. The fourth-order valence-corrected chi connectivity index (χ4v) is 0.500. The van der Waals surface area contributed by atoms with E-state index in [2.05, 4.69) is 0 Å². The Balaban J connectivity index is 2.34. The van der Waals surface area contributed by atoms with Crippen LogP contribution >= 0.6 is 0 Å². The standard InChI is InChI=1S/C2H5O.CH3O.Al.H/c1-2-3;1-2;;/h2H2,1H3;1H3;;/q2*-1;+2;. The highest BCUT2D eigenvalue weighted by Gasteiger charge is 1.85. The first-order chi connectivity index (χ1) is 2.91. The van der Waals surface area contributed by atoms with Crippen LogP contribution in [0.3, 0.4) is 0 Å². The fraction of sp³-hybridized carbons (Fsp3) is 1.00. The van der Waals surface area contributed by atoms with Gasteiger partial charge < -0.3 is 7.58 Å². The van der Waals surface area contributed by atoms with Crippen LogP contribution in [0.2, 0.25) is 0 Å². The molecule has 0 aromatic heterocycles. The second kappa shape index (κ2) is 5.45. The van der Waals surface area contributed by atoms with E-state index in [9.17, 15) is 0 Å². The van der Waals surface area contributed by atoms with Gasteiger partial charge in [-0.2, -0.15) is 0 Å². The van der Waals surface area contributed by atoms with Crippen molar-refractivity contribution in [2.75, 3.05) is 13.7 Å². The van der Waals surface area contributed by atoms with Crippen LogP contribution in [-0.2, 0) is 7.58 Å². The van der Waals surface area contributed by atoms with E-state index in [0.29, 0.717) is 0 Å². The van der Waals surface area contributed by atoms with Crippen LogP contribution in [0.5, 0.6) is 0 Å². The molecule has 36 valence electrons. The normalized spacial score (nSPS) is 8.33. The maximum absolute atomic E-state index is 4.90. The largest absolute Gasteiger partial charge is 0.649 e. The Kier molecular flexibility index (Phi) is 5.86. The monoisotopic (exact) mass is 104 g/mol. The summed E-state index contributed by atoms with van der Waals surface area (Å²) in [5.74, 6) is 0. The van der Waals surface area contributed by atoms with Gasteiger partial charge in [-0.3, -0.25) is 0 Å². The Morgan fingerprint density at radius 1 is 1.67 bits per heavy atom. The van der Waals surface area contributed by atoms with Crippen LogP contribution in [-0.4, -0.2) is 29.6 Å². The SMILES string of the molecule is CC[O][AlH][O]C. The molecule has 0 fully saturated rings. The number of hydrogen-bond donors (Lipinski definition) is 0. The highest BCUT2D eigenvalue weighted by Crippen LogP contribution is 1.64. The van der Waals surface area contributed by atoms with Gasteiger partial charge in [0, 0.05) is 13.7 Å². The van der Waals surface area contributed by atoms with Gasteiger partial charge in [0.15, 0.2) is 0 Å². The van der Waals surface area contributed by atoms with Crippen LogP contribution in [0.4, 0.5) is 0 Å².